The molecular formula is C15H25NO3. The average molecular weight is 267 g/mol. The molecule has 2 saturated carbocycles. The first-order valence-corrected chi connectivity index (χ1v) is 7.32. The zero-order valence-electron chi connectivity index (χ0n) is 12.5. The van der Waals surface area contributed by atoms with Crippen LogP contribution in [0.5, 0.6) is 0 Å². The van der Waals surface area contributed by atoms with Crippen molar-refractivity contribution in [3.8, 4) is 0 Å². The van der Waals surface area contributed by atoms with Gasteiger partial charge in [-0.15, -0.1) is 0 Å². The highest BCUT2D eigenvalue weighted by Crippen LogP contribution is 2.66. The van der Waals surface area contributed by atoms with Gasteiger partial charge >= 0.3 is 6.09 Å². The van der Waals surface area contributed by atoms with Crippen LogP contribution in [0, 0.1) is 11.3 Å². The van der Waals surface area contributed by atoms with Crippen molar-refractivity contribution >= 4 is 6.09 Å². The van der Waals surface area contributed by atoms with E-state index < -0.39 is 5.60 Å². The Morgan fingerprint density at radius 2 is 1.89 bits per heavy atom. The van der Waals surface area contributed by atoms with E-state index in [0.717, 1.165) is 25.9 Å². The van der Waals surface area contributed by atoms with Crippen LogP contribution >= 0.6 is 0 Å². The van der Waals surface area contributed by atoms with E-state index in [0.29, 0.717) is 5.92 Å². The minimum absolute atomic E-state index is 0.0597. The maximum Gasteiger partial charge on any atom is 0.410 e. The summed E-state index contributed by atoms with van der Waals surface area (Å²) in [6.07, 6.45) is 4.59. The van der Waals surface area contributed by atoms with Crippen molar-refractivity contribution in [2.45, 2.75) is 57.7 Å². The van der Waals surface area contributed by atoms with E-state index in [1.54, 1.807) is 0 Å². The zero-order valence-corrected chi connectivity index (χ0v) is 12.5. The molecule has 0 aromatic heterocycles. The largest absolute Gasteiger partial charge is 0.444 e. The number of methoxy groups -OCH3 is 1. The Balaban J connectivity index is 1.69. The lowest BCUT2D eigenvalue weighted by atomic mass is 9.55. The number of piperidine rings is 2. The van der Waals surface area contributed by atoms with E-state index in [9.17, 15) is 4.79 Å². The highest BCUT2D eigenvalue weighted by Gasteiger charge is 2.67. The summed E-state index contributed by atoms with van der Waals surface area (Å²) < 4.78 is 11.3. The number of hydrogen-bond donors (Lipinski definition) is 0. The van der Waals surface area contributed by atoms with Gasteiger partial charge in [-0.2, -0.15) is 0 Å². The van der Waals surface area contributed by atoms with Crippen molar-refractivity contribution in [1.29, 1.82) is 0 Å². The Kier molecular flexibility index (Phi) is 2.70. The molecule has 4 heteroatoms. The summed E-state index contributed by atoms with van der Waals surface area (Å²) in [4.78, 5) is 14.1. The van der Waals surface area contributed by atoms with Gasteiger partial charge in [-0.05, 0) is 52.4 Å². The molecule has 2 aliphatic heterocycles. The number of amides is 1. The van der Waals surface area contributed by atoms with Gasteiger partial charge in [-0.1, -0.05) is 0 Å². The summed E-state index contributed by atoms with van der Waals surface area (Å²) in [7, 11) is 1.82. The van der Waals surface area contributed by atoms with Gasteiger partial charge in [0, 0.05) is 25.6 Å². The van der Waals surface area contributed by atoms with Gasteiger partial charge in [0.2, 0.25) is 0 Å². The molecule has 0 spiro atoms. The van der Waals surface area contributed by atoms with Gasteiger partial charge in [0.25, 0.3) is 0 Å². The Morgan fingerprint density at radius 1 is 1.26 bits per heavy atom. The van der Waals surface area contributed by atoms with Crippen molar-refractivity contribution in [2.75, 3.05) is 20.2 Å². The predicted octanol–water partition coefficient (Wildman–Crippen LogP) is 2.81. The highest BCUT2D eigenvalue weighted by atomic mass is 16.6. The lowest BCUT2D eigenvalue weighted by Crippen LogP contribution is -2.64. The van der Waals surface area contributed by atoms with E-state index in [1.807, 2.05) is 32.8 Å². The number of hydrogen-bond acceptors (Lipinski definition) is 3. The highest BCUT2D eigenvalue weighted by molar-refractivity contribution is 5.68. The van der Waals surface area contributed by atoms with Crippen molar-refractivity contribution in [3.63, 3.8) is 0 Å². The maximum atomic E-state index is 12.2. The monoisotopic (exact) mass is 267 g/mol. The topological polar surface area (TPSA) is 38.8 Å². The smallest absolute Gasteiger partial charge is 0.410 e. The van der Waals surface area contributed by atoms with Crippen LogP contribution in [0.15, 0.2) is 0 Å². The van der Waals surface area contributed by atoms with Crippen molar-refractivity contribution in [2.24, 2.45) is 11.3 Å². The van der Waals surface area contributed by atoms with Gasteiger partial charge in [0.05, 0.1) is 5.60 Å². The van der Waals surface area contributed by atoms with Crippen molar-refractivity contribution in [1.82, 2.24) is 4.90 Å². The number of carbonyl (C=O) groups excluding carboxylic acids is 1. The maximum absolute atomic E-state index is 12.2. The quantitative estimate of drug-likeness (QED) is 0.772. The fraction of sp³-hybridized carbons (Fsp3) is 0.933. The second-order valence-corrected chi connectivity index (χ2v) is 7.61. The Morgan fingerprint density at radius 3 is 2.37 bits per heavy atom. The van der Waals surface area contributed by atoms with E-state index in [2.05, 4.69) is 0 Å². The molecule has 1 amide bonds. The summed E-state index contributed by atoms with van der Waals surface area (Å²) in [5.74, 6) is 0.647. The molecule has 4 aliphatic rings. The Hall–Kier alpha value is -0.770. The van der Waals surface area contributed by atoms with Crippen LogP contribution in [0.25, 0.3) is 0 Å². The van der Waals surface area contributed by atoms with Gasteiger partial charge in [0.15, 0.2) is 0 Å². The molecule has 0 aromatic rings. The van der Waals surface area contributed by atoms with E-state index in [-0.39, 0.29) is 17.1 Å². The number of ether oxygens (including phenoxy) is 2. The molecule has 0 aromatic carbocycles. The molecule has 0 atom stereocenters. The molecule has 0 radical (unpaired) electrons. The first-order chi connectivity index (χ1) is 8.79. The lowest BCUT2D eigenvalue weighted by molar-refractivity contribution is -0.157. The Bertz CT molecular complexity index is 389. The van der Waals surface area contributed by atoms with E-state index >= 15 is 0 Å². The van der Waals surface area contributed by atoms with E-state index in [1.165, 1.54) is 12.8 Å². The number of rotatable bonds is 2. The third-order valence-electron chi connectivity index (χ3n) is 5.04. The minimum atomic E-state index is -0.412. The average Bonchev–Trinajstić information content (AvgIpc) is 3.06. The van der Waals surface area contributed by atoms with Crippen molar-refractivity contribution < 1.29 is 14.3 Å². The van der Waals surface area contributed by atoms with Crippen LogP contribution in [0.3, 0.4) is 0 Å². The van der Waals surface area contributed by atoms with Crippen LogP contribution < -0.4 is 0 Å². The second-order valence-electron chi connectivity index (χ2n) is 7.61. The summed E-state index contributed by atoms with van der Waals surface area (Å²) >= 11 is 0. The van der Waals surface area contributed by atoms with Crippen molar-refractivity contribution in [3.05, 3.63) is 0 Å². The fourth-order valence-corrected chi connectivity index (χ4v) is 4.09. The SMILES string of the molecule is COC1(C23CC(CN(C(=O)OC(C)(C)C)C2)C3)CC1. The van der Waals surface area contributed by atoms with Crippen LogP contribution in [0.4, 0.5) is 4.79 Å². The predicted molar refractivity (Wildman–Crippen MR) is 71.9 cm³/mol. The van der Waals surface area contributed by atoms with Crippen LogP contribution in [0.2, 0.25) is 0 Å². The van der Waals surface area contributed by atoms with Gasteiger partial charge in [0.1, 0.15) is 5.60 Å². The summed E-state index contributed by atoms with van der Waals surface area (Å²) in [5.41, 5.74) is -0.143. The first-order valence-electron chi connectivity index (χ1n) is 7.32. The lowest BCUT2D eigenvalue weighted by Gasteiger charge is -2.59. The number of nitrogens with zero attached hydrogens (tertiary/aromatic N) is 1. The minimum Gasteiger partial charge on any atom is -0.444 e. The second kappa shape index (κ2) is 3.87. The molecule has 4 nitrogen and oxygen atoms in total. The molecule has 19 heavy (non-hydrogen) atoms. The van der Waals surface area contributed by atoms with Gasteiger partial charge in [-0.25, -0.2) is 4.79 Å². The first kappa shape index (κ1) is 13.2. The molecule has 108 valence electrons. The molecular weight excluding hydrogens is 242 g/mol. The molecule has 4 fully saturated rings. The summed E-state index contributed by atoms with van der Waals surface area (Å²) in [5, 5.41) is 0. The van der Waals surface area contributed by atoms with E-state index in [4.69, 9.17) is 9.47 Å². The molecule has 2 aliphatic carbocycles. The fourth-order valence-electron chi connectivity index (χ4n) is 4.09. The number of fused-ring (bicyclic) bond motifs is 2. The third kappa shape index (κ3) is 2.04. The van der Waals surface area contributed by atoms with Crippen LogP contribution in [-0.2, 0) is 9.47 Å². The van der Waals surface area contributed by atoms with Crippen LogP contribution in [0.1, 0.15) is 46.5 Å². The molecule has 0 N–H and O–H groups in total. The normalized spacial score (nSPS) is 35.6. The van der Waals surface area contributed by atoms with Gasteiger partial charge in [-0.3, -0.25) is 0 Å². The molecule has 2 saturated heterocycles. The Labute approximate surface area is 115 Å². The standard InChI is InChI=1S/C15H25NO3/c1-13(2,3)19-12(17)16-9-11-7-14(8-11,10-16)15(18-4)5-6-15/h11H,5-10H2,1-4H3. The molecule has 2 heterocycles. The van der Waals surface area contributed by atoms with Crippen LogP contribution in [-0.4, -0.2) is 42.4 Å². The molecule has 0 unspecified atom stereocenters. The van der Waals surface area contributed by atoms with Gasteiger partial charge < -0.3 is 14.4 Å². The molecule has 4 rings (SSSR count). The summed E-state index contributed by atoms with van der Waals surface area (Å²) in [6.45, 7) is 7.43. The molecule has 2 bridgehead atoms. The zero-order chi connectivity index (χ0) is 13.9. The third-order valence-corrected chi connectivity index (χ3v) is 5.04. The number of carbonyl (C=O) groups is 1. The summed E-state index contributed by atoms with van der Waals surface area (Å²) in [6, 6.07) is 0.